The highest BCUT2D eigenvalue weighted by molar-refractivity contribution is 5.93. The molecule has 0 saturated carbocycles. The maximum Gasteiger partial charge on any atom is 0.315 e. The van der Waals surface area contributed by atoms with Gasteiger partial charge in [0.25, 0.3) is 5.91 Å². The van der Waals surface area contributed by atoms with Gasteiger partial charge in [0.2, 0.25) is 12.3 Å². The van der Waals surface area contributed by atoms with E-state index in [0.29, 0.717) is 5.56 Å². The second-order valence-corrected chi connectivity index (χ2v) is 3.11. The summed E-state index contributed by atoms with van der Waals surface area (Å²) >= 11 is 0. The molecule has 0 aliphatic carbocycles. The standard InChI is InChI=1S/C10H7F2N3O2/c11-8(12)9(16)14-7-3-1-2-6(4-7)10-15-13-5-17-10/h1-5,8H,(H,14,16). The van der Waals surface area contributed by atoms with Gasteiger partial charge in [-0.3, -0.25) is 4.79 Å². The van der Waals surface area contributed by atoms with Crippen molar-refractivity contribution < 1.29 is 18.0 Å². The number of hydrogen-bond donors (Lipinski definition) is 1. The van der Waals surface area contributed by atoms with E-state index in [1.54, 1.807) is 12.1 Å². The van der Waals surface area contributed by atoms with E-state index in [4.69, 9.17) is 4.42 Å². The lowest BCUT2D eigenvalue weighted by atomic mass is 10.2. The van der Waals surface area contributed by atoms with Crippen LogP contribution in [0.15, 0.2) is 35.1 Å². The number of hydrogen-bond acceptors (Lipinski definition) is 4. The van der Waals surface area contributed by atoms with Crippen molar-refractivity contribution >= 4 is 11.6 Å². The largest absolute Gasteiger partial charge is 0.423 e. The molecular formula is C10H7F2N3O2. The maximum absolute atomic E-state index is 12.0. The second-order valence-electron chi connectivity index (χ2n) is 3.11. The van der Waals surface area contributed by atoms with Crippen molar-refractivity contribution in [2.24, 2.45) is 0 Å². The summed E-state index contributed by atoms with van der Waals surface area (Å²) in [6.07, 6.45) is -1.90. The summed E-state index contributed by atoms with van der Waals surface area (Å²) in [6.45, 7) is 0. The number of nitrogens with zero attached hydrogens (tertiary/aromatic N) is 2. The van der Waals surface area contributed by atoms with Crippen LogP contribution in [0.3, 0.4) is 0 Å². The molecule has 1 aromatic carbocycles. The SMILES string of the molecule is O=C(Nc1cccc(-c2nnco2)c1)C(F)F. The van der Waals surface area contributed by atoms with E-state index in [0.717, 1.165) is 6.39 Å². The van der Waals surface area contributed by atoms with Crippen molar-refractivity contribution in [1.82, 2.24) is 10.2 Å². The number of amides is 1. The molecule has 1 aromatic heterocycles. The first kappa shape index (κ1) is 11.2. The van der Waals surface area contributed by atoms with E-state index < -0.39 is 12.3 Å². The Balaban J connectivity index is 2.20. The molecule has 17 heavy (non-hydrogen) atoms. The van der Waals surface area contributed by atoms with Gasteiger partial charge in [-0.05, 0) is 18.2 Å². The number of anilines is 1. The van der Waals surface area contributed by atoms with Crippen LogP contribution in [0.5, 0.6) is 0 Å². The molecule has 0 radical (unpaired) electrons. The highest BCUT2D eigenvalue weighted by Gasteiger charge is 2.15. The van der Waals surface area contributed by atoms with Crippen LogP contribution >= 0.6 is 0 Å². The fourth-order valence-corrected chi connectivity index (χ4v) is 1.23. The van der Waals surface area contributed by atoms with Crippen LogP contribution in [0, 0.1) is 0 Å². The van der Waals surface area contributed by atoms with Crippen molar-refractivity contribution in [3.05, 3.63) is 30.7 Å². The Labute approximate surface area is 94.5 Å². The van der Waals surface area contributed by atoms with Gasteiger partial charge in [-0.2, -0.15) is 8.78 Å². The molecule has 0 aliphatic heterocycles. The fraction of sp³-hybridized carbons (Fsp3) is 0.100. The second kappa shape index (κ2) is 4.69. The first-order chi connectivity index (χ1) is 8.16. The van der Waals surface area contributed by atoms with Crippen molar-refractivity contribution in [3.8, 4) is 11.5 Å². The highest BCUT2D eigenvalue weighted by Crippen LogP contribution is 2.20. The lowest BCUT2D eigenvalue weighted by Crippen LogP contribution is -2.19. The van der Waals surface area contributed by atoms with Gasteiger partial charge in [0.1, 0.15) is 0 Å². The monoisotopic (exact) mass is 239 g/mol. The third-order valence-electron chi connectivity index (χ3n) is 1.94. The van der Waals surface area contributed by atoms with E-state index in [9.17, 15) is 13.6 Å². The average molecular weight is 239 g/mol. The number of aromatic nitrogens is 2. The van der Waals surface area contributed by atoms with Gasteiger partial charge in [0, 0.05) is 11.3 Å². The molecule has 7 heteroatoms. The minimum absolute atomic E-state index is 0.242. The van der Waals surface area contributed by atoms with Gasteiger partial charge < -0.3 is 9.73 Å². The average Bonchev–Trinajstić information content (AvgIpc) is 2.82. The molecule has 0 saturated heterocycles. The molecule has 1 N–H and O–H groups in total. The van der Waals surface area contributed by atoms with Crippen molar-refractivity contribution in [2.45, 2.75) is 6.43 Å². The third-order valence-corrected chi connectivity index (χ3v) is 1.94. The number of carbonyl (C=O) groups excluding carboxylic acids is 1. The Hall–Kier alpha value is -2.31. The Bertz CT molecular complexity index is 514. The van der Waals surface area contributed by atoms with Gasteiger partial charge in [-0.1, -0.05) is 6.07 Å². The predicted octanol–water partition coefficient (Wildman–Crippen LogP) is 1.94. The molecule has 1 amide bonds. The van der Waals surface area contributed by atoms with E-state index in [-0.39, 0.29) is 11.6 Å². The zero-order valence-corrected chi connectivity index (χ0v) is 8.43. The summed E-state index contributed by atoms with van der Waals surface area (Å²) in [5.74, 6) is -1.11. The van der Waals surface area contributed by atoms with Crippen LogP contribution in [0.2, 0.25) is 0 Å². The van der Waals surface area contributed by atoms with Crippen LogP contribution in [0.25, 0.3) is 11.5 Å². The van der Waals surface area contributed by atoms with Gasteiger partial charge in [0.05, 0.1) is 0 Å². The van der Waals surface area contributed by atoms with Crippen LogP contribution < -0.4 is 5.32 Å². The van der Waals surface area contributed by atoms with E-state index >= 15 is 0 Å². The van der Waals surface area contributed by atoms with Gasteiger partial charge in [0.15, 0.2) is 0 Å². The van der Waals surface area contributed by atoms with Crippen LogP contribution in [-0.4, -0.2) is 22.5 Å². The zero-order valence-electron chi connectivity index (χ0n) is 8.43. The third kappa shape index (κ3) is 2.63. The number of benzene rings is 1. The first-order valence-electron chi connectivity index (χ1n) is 4.62. The lowest BCUT2D eigenvalue weighted by Gasteiger charge is -2.04. The number of nitrogens with one attached hydrogen (secondary N) is 1. The summed E-state index contributed by atoms with van der Waals surface area (Å²) in [5, 5.41) is 9.22. The number of carbonyl (C=O) groups is 1. The summed E-state index contributed by atoms with van der Waals surface area (Å²) in [6, 6.07) is 6.19. The van der Waals surface area contributed by atoms with Gasteiger partial charge in [-0.25, -0.2) is 0 Å². The Morgan fingerprint density at radius 2 is 2.24 bits per heavy atom. The molecule has 5 nitrogen and oxygen atoms in total. The zero-order chi connectivity index (χ0) is 12.3. The number of alkyl halides is 2. The van der Waals surface area contributed by atoms with Gasteiger partial charge >= 0.3 is 6.43 Å². The highest BCUT2D eigenvalue weighted by atomic mass is 19.3. The molecule has 0 bridgehead atoms. The van der Waals surface area contributed by atoms with Crippen LogP contribution in [-0.2, 0) is 4.79 Å². The molecule has 2 rings (SSSR count). The van der Waals surface area contributed by atoms with Gasteiger partial charge in [-0.15, -0.1) is 10.2 Å². The molecular weight excluding hydrogens is 232 g/mol. The fourth-order valence-electron chi connectivity index (χ4n) is 1.23. The predicted molar refractivity (Wildman–Crippen MR) is 54.4 cm³/mol. The number of halogens is 2. The molecule has 88 valence electrons. The summed E-state index contributed by atoms with van der Waals surface area (Å²) in [5.41, 5.74) is 0.778. The number of rotatable bonds is 3. The summed E-state index contributed by atoms with van der Waals surface area (Å²) in [7, 11) is 0. The Morgan fingerprint density at radius 3 is 2.88 bits per heavy atom. The van der Waals surface area contributed by atoms with E-state index in [1.807, 2.05) is 0 Å². The first-order valence-corrected chi connectivity index (χ1v) is 4.62. The molecule has 0 fully saturated rings. The molecule has 1 heterocycles. The topological polar surface area (TPSA) is 68.0 Å². The minimum atomic E-state index is -3.05. The van der Waals surface area contributed by atoms with Crippen molar-refractivity contribution in [1.29, 1.82) is 0 Å². The summed E-state index contributed by atoms with van der Waals surface area (Å²) in [4.78, 5) is 10.8. The molecule has 0 atom stereocenters. The molecule has 0 aliphatic rings. The molecule has 2 aromatic rings. The van der Waals surface area contributed by atoms with Crippen LogP contribution in [0.4, 0.5) is 14.5 Å². The Kier molecular flexibility index (Phi) is 3.08. The van der Waals surface area contributed by atoms with E-state index in [2.05, 4.69) is 15.5 Å². The minimum Gasteiger partial charge on any atom is -0.423 e. The lowest BCUT2D eigenvalue weighted by molar-refractivity contribution is -0.126. The Morgan fingerprint density at radius 1 is 1.41 bits per heavy atom. The normalized spacial score (nSPS) is 10.5. The van der Waals surface area contributed by atoms with E-state index in [1.165, 1.54) is 12.1 Å². The maximum atomic E-state index is 12.0. The van der Waals surface area contributed by atoms with Crippen molar-refractivity contribution in [2.75, 3.05) is 5.32 Å². The molecule has 0 spiro atoms. The smallest absolute Gasteiger partial charge is 0.315 e. The molecule has 0 unspecified atom stereocenters. The van der Waals surface area contributed by atoms with Crippen LogP contribution in [0.1, 0.15) is 0 Å². The quantitative estimate of drug-likeness (QED) is 0.888. The van der Waals surface area contributed by atoms with Crippen molar-refractivity contribution in [3.63, 3.8) is 0 Å². The summed E-state index contributed by atoms with van der Waals surface area (Å²) < 4.78 is 29.0.